The summed E-state index contributed by atoms with van der Waals surface area (Å²) in [4.78, 5) is 26.5. The van der Waals surface area contributed by atoms with Gasteiger partial charge in [-0.15, -0.1) is 0 Å². The minimum Gasteiger partial charge on any atom is -0.484 e. The highest BCUT2D eigenvalue weighted by atomic mass is 32.2. The maximum Gasteiger partial charge on any atom is 0.313 e. The first-order chi connectivity index (χ1) is 11.6. The molecule has 0 saturated carbocycles. The molecule has 0 saturated heterocycles. The number of hydrogen-bond donors (Lipinski definition) is 2. The molecule has 24 heavy (non-hydrogen) atoms. The van der Waals surface area contributed by atoms with Gasteiger partial charge in [-0.1, -0.05) is 30.8 Å². The van der Waals surface area contributed by atoms with Gasteiger partial charge in [-0.05, 0) is 36.2 Å². The molecule has 1 aromatic heterocycles. The van der Waals surface area contributed by atoms with E-state index in [0.717, 1.165) is 23.7 Å². The van der Waals surface area contributed by atoms with Crippen LogP contribution in [0.15, 0.2) is 47.6 Å². The van der Waals surface area contributed by atoms with Gasteiger partial charge in [-0.3, -0.25) is 9.59 Å². The molecule has 6 nitrogen and oxygen atoms in total. The molecule has 0 aliphatic heterocycles. The summed E-state index contributed by atoms with van der Waals surface area (Å²) in [6.45, 7) is 1.96. The molecular weight excluding hydrogens is 328 g/mol. The molecule has 0 bridgehead atoms. The van der Waals surface area contributed by atoms with Gasteiger partial charge >= 0.3 is 5.97 Å². The summed E-state index contributed by atoms with van der Waals surface area (Å²) < 4.78 is 5.47. The Morgan fingerprint density at radius 2 is 2.12 bits per heavy atom. The smallest absolute Gasteiger partial charge is 0.313 e. The number of rotatable bonds is 8. The average molecular weight is 346 g/mol. The van der Waals surface area contributed by atoms with E-state index in [1.165, 1.54) is 6.20 Å². The zero-order valence-corrected chi connectivity index (χ0v) is 14.0. The Hall–Kier alpha value is -2.54. The van der Waals surface area contributed by atoms with E-state index in [1.807, 2.05) is 24.3 Å². The van der Waals surface area contributed by atoms with Crippen molar-refractivity contribution in [3.63, 3.8) is 0 Å². The normalized spacial score (nSPS) is 10.2. The monoisotopic (exact) mass is 346 g/mol. The Labute approximate surface area is 144 Å². The van der Waals surface area contributed by atoms with Crippen LogP contribution in [0, 0.1) is 0 Å². The van der Waals surface area contributed by atoms with Gasteiger partial charge in [0.2, 0.25) is 0 Å². The van der Waals surface area contributed by atoms with Gasteiger partial charge in [0.1, 0.15) is 5.75 Å². The fourth-order valence-corrected chi connectivity index (χ4v) is 2.44. The van der Waals surface area contributed by atoms with Crippen LogP contribution in [-0.2, 0) is 16.0 Å². The third-order valence-electron chi connectivity index (χ3n) is 3.04. The number of aromatic nitrogens is 1. The van der Waals surface area contributed by atoms with Crippen molar-refractivity contribution in [2.75, 3.05) is 17.7 Å². The number of anilines is 1. The van der Waals surface area contributed by atoms with Crippen molar-refractivity contribution in [2.45, 2.75) is 18.4 Å². The number of carbonyl (C=O) groups is 2. The fraction of sp³-hybridized carbons (Fsp3) is 0.235. The van der Waals surface area contributed by atoms with Crippen LogP contribution in [0.25, 0.3) is 0 Å². The number of aliphatic carboxylic acids is 1. The molecule has 7 heteroatoms. The lowest BCUT2D eigenvalue weighted by Crippen LogP contribution is -2.20. The summed E-state index contributed by atoms with van der Waals surface area (Å²) in [5.74, 6) is -0.584. The van der Waals surface area contributed by atoms with Gasteiger partial charge in [-0.25, -0.2) is 4.98 Å². The van der Waals surface area contributed by atoms with Crippen molar-refractivity contribution in [2.24, 2.45) is 0 Å². The lowest BCUT2D eigenvalue weighted by molar-refractivity contribution is -0.133. The molecule has 0 aliphatic carbocycles. The van der Waals surface area contributed by atoms with Crippen LogP contribution in [0.3, 0.4) is 0 Å². The Kier molecular flexibility index (Phi) is 6.62. The van der Waals surface area contributed by atoms with Crippen LogP contribution < -0.4 is 10.1 Å². The van der Waals surface area contributed by atoms with Crippen molar-refractivity contribution >= 4 is 29.3 Å². The third kappa shape index (κ3) is 5.92. The van der Waals surface area contributed by atoms with E-state index in [1.54, 1.807) is 12.1 Å². The predicted octanol–water partition coefficient (Wildman–Crippen LogP) is 2.84. The predicted molar refractivity (Wildman–Crippen MR) is 92.5 cm³/mol. The highest BCUT2D eigenvalue weighted by Gasteiger charge is 2.06. The molecule has 0 fully saturated rings. The Morgan fingerprint density at radius 1 is 1.29 bits per heavy atom. The van der Waals surface area contributed by atoms with E-state index in [-0.39, 0.29) is 18.3 Å². The van der Waals surface area contributed by atoms with Crippen LogP contribution in [-0.4, -0.2) is 34.3 Å². The number of carboxylic acid groups (broad SMARTS) is 1. The topological polar surface area (TPSA) is 88.5 Å². The number of carbonyl (C=O) groups excluding carboxylic acids is 1. The van der Waals surface area contributed by atoms with Crippen molar-refractivity contribution < 1.29 is 19.4 Å². The number of hydrogen-bond acceptors (Lipinski definition) is 5. The summed E-state index contributed by atoms with van der Waals surface area (Å²) >= 11 is 1.12. The van der Waals surface area contributed by atoms with Crippen LogP contribution in [0.5, 0.6) is 5.75 Å². The number of nitrogens with zero attached hydrogens (tertiary/aromatic N) is 1. The van der Waals surface area contributed by atoms with Gasteiger partial charge in [0.05, 0.1) is 22.7 Å². The molecule has 0 radical (unpaired) electrons. The van der Waals surface area contributed by atoms with Crippen LogP contribution >= 0.6 is 11.8 Å². The summed E-state index contributed by atoms with van der Waals surface area (Å²) in [5, 5.41) is 11.9. The van der Waals surface area contributed by atoms with Crippen LogP contribution in [0.4, 0.5) is 5.69 Å². The van der Waals surface area contributed by atoms with E-state index < -0.39 is 5.97 Å². The molecule has 0 spiro atoms. The molecule has 126 valence electrons. The molecule has 1 heterocycles. The molecule has 2 aromatic rings. The zero-order chi connectivity index (χ0) is 17.4. The number of aryl methyl sites for hydroxylation is 1. The van der Waals surface area contributed by atoms with Crippen molar-refractivity contribution in [1.82, 2.24) is 4.98 Å². The second-order valence-electron chi connectivity index (χ2n) is 4.91. The van der Waals surface area contributed by atoms with Crippen LogP contribution in [0.1, 0.15) is 12.5 Å². The number of benzene rings is 1. The number of pyridine rings is 1. The van der Waals surface area contributed by atoms with E-state index in [2.05, 4.69) is 17.2 Å². The fourth-order valence-electron chi connectivity index (χ4n) is 1.88. The summed E-state index contributed by atoms with van der Waals surface area (Å²) in [6.07, 6.45) is 2.39. The second-order valence-corrected chi connectivity index (χ2v) is 5.90. The van der Waals surface area contributed by atoms with Gasteiger partial charge in [0, 0.05) is 0 Å². The maximum atomic E-state index is 11.9. The molecule has 1 aromatic carbocycles. The zero-order valence-electron chi connectivity index (χ0n) is 13.2. The van der Waals surface area contributed by atoms with Gasteiger partial charge in [-0.2, -0.15) is 0 Å². The molecule has 0 atom stereocenters. The number of thioether (sulfide) groups is 1. The van der Waals surface area contributed by atoms with Gasteiger partial charge in [0.15, 0.2) is 6.61 Å². The highest BCUT2D eigenvalue weighted by molar-refractivity contribution is 7.99. The molecule has 1 amide bonds. The summed E-state index contributed by atoms with van der Waals surface area (Å²) in [6, 6.07) is 10.9. The Morgan fingerprint density at radius 3 is 2.79 bits per heavy atom. The van der Waals surface area contributed by atoms with Crippen molar-refractivity contribution in [3.8, 4) is 5.75 Å². The molecule has 2 rings (SSSR count). The summed E-state index contributed by atoms with van der Waals surface area (Å²) in [7, 11) is 0. The average Bonchev–Trinajstić information content (AvgIpc) is 2.59. The first-order valence-corrected chi connectivity index (χ1v) is 8.37. The lowest BCUT2D eigenvalue weighted by atomic mass is 10.2. The van der Waals surface area contributed by atoms with E-state index in [9.17, 15) is 9.59 Å². The Balaban J connectivity index is 1.82. The molecule has 0 aliphatic rings. The molecule has 0 unspecified atom stereocenters. The second kappa shape index (κ2) is 8.93. The number of amides is 1. The van der Waals surface area contributed by atoms with Gasteiger partial charge in [0.25, 0.3) is 5.91 Å². The minimum atomic E-state index is -0.900. The number of ether oxygens (including phenoxy) is 1. The van der Waals surface area contributed by atoms with E-state index in [4.69, 9.17) is 9.84 Å². The maximum absolute atomic E-state index is 11.9. The van der Waals surface area contributed by atoms with Crippen LogP contribution in [0.2, 0.25) is 0 Å². The van der Waals surface area contributed by atoms with E-state index >= 15 is 0 Å². The molecule has 2 N–H and O–H groups in total. The Bertz CT molecular complexity index is 704. The SMILES string of the molecule is CCc1cccc(OCC(=O)Nc2ccc(SCC(=O)O)nc2)c1. The lowest BCUT2D eigenvalue weighted by Gasteiger charge is -2.08. The number of carboxylic acids is 1. The molecular formula is C17H18N2O4S. The quantitative estimate of drug-likeness (QED) is 0.715. The number of nitrogens with one attached hydrogen (secondary N) is 1. The standard InChI is InChI=1S/C17H18N2O4S/c1-2-12-4-3-5-14(8-12)23-10-15(20)19-13-6-7-16(18-9-13)24-11-17(21)22/h3-9H,2,10-11H2,1H3,(H,19,20)(H,21,22). The summed E-state index contributed by atoms with van der Waals surface area (Å²) in [5.41, 5.74) is 1.68. The van der Waals surface area contributed by atoms with Crippen molar-refractivity contribution in [1.29, 1.82) is 0 Å². The third-order valence-corrected chi connectivity index (χ3v) is 3.97. The largest absolute Gasteiger partial charge is 0.484 e. The van der Waals surface area contributed by atoms with Crippen molar-refractivity contribution in [3.05, 3.63) is 48.2 Å². The highest BCUT2D eigenvalue weighted by Crippen LogP contribution is 2.17. The van der Waals surface area contributed by atoms with E-state index in [0.29, 0.717) is 16.5 Å². The first-order valence-electron chi connectivity index (χ1n) is 7.39. The first kappa shape index (κ1) is 17.8. The minimum absolute atomic E-state index is 0.0522. The van der Waals surface area contributed by atoms with Gasteiger partial charge < -0.3 is 15.2 Å².